The van der Waals surface area contributed by atoms with E-state index < -0.39 is 0 Å². The number of hydrogen-bond donors (Lipinski definition) is 1. The standard InChI is InChI=1S/C13H25N3/c1-6-8-16-12(5)13(11(4)15-16)10(3)9-14-7-2/h10,14H,6-9H2,1-5H3. The highest BCUT2D eigenvalue weighted by molar-refractivity contribution is 5.28. The average molecular weight is 223 g/mol. The highest BCUT2D eigenvalue weighted by Gasteiger charge is 2.16. The number of aryl methyl sites for hydroxylation is 2. The molecule has 0 aliphatic carbocycles. The smallest absolute Gasteiger partial charge is 0.0631 e. The van der Waals surface area contributed by atoms with Gasteiger partial charge in [-0.1, -0.05) is 20.8 Å². The molecule has 1 N–H and O–H groups in total. The van der Waals surface area contributed by atoms with Crippen LogP contribution in [0.25, 0.3) is 0 Å². The number of likely N-dealkylation sites (N-methyl/N-ethyl adjacent to an activating group) is 1. The first kappa shape index (κ1) is 13.2. The van der Waals surface area contributed by atoms with E-state index in [1.54, 1.807) is 0 Å². The van der Waals surface area contributed by atoms with Crippen molar-refractivity contribution in [3.8, 4) is 0 Å². The Labute approximate surface area is 99.2 Å². The van der Waals surface area contributed by atoms with Crippen LogP contribution in [0.2, 0.25) is 0 Å². The fourth-order valence-corrected chi connectivity index (χ4v) is 2.32. The van der Waals surface area contributed by atoms with Gasteiger partial charge in [0.2, 0.25) is 0 Å². The number of nitrogens with zero attached hydrogens (tertiary/aromatic N) is 2. The molecular weight excluding hydrogens is 198 g/mol. The second-order valence-electron chi connectivity index (χ2n) is 4.52. The Morgan fingerprint density at radius 1 is 1.31 bits per heavy atom. The zero-order valence-electron chi connectivity index (χ0n) is 11.3. The van der Waals surface area contributed by atoms with E-state index in [1.807, 2.05) is 0 Å². The fourth-order valence-electron chi connectivity index (χ4n) is 2.32. The zero-order chi connectivity index (χ0) is 12.1. The van der Waals surface area contributed by atoms with Gasteiger partial charge in [-0.05, 0) is 38.3 Å². The van der Waals surface area contributed by atoms with Crippen LogP contribution in [0.15, 0.2) is 0 Å². The van der Waals surface area contributed by atoms with Gasteiger partial charge in [0, 0.05) is 18.8 Å². The molecule has 0 aliphatic heterocycles. The third-order valence-corrected chi connectivity index (χ3v) is 3.07. The monoisotopic (exact) mass is 223 g/mol. The lowest BCUT2D eigenvalue weighted by Gasteiger charge is -2.13. The molecule has 0 radical (unpaired) electrons. The quantitative estimate of drug-likeness (QED) is 0.803. The molecule has 3 heteroatoms. The molecule has 0 saturated carbocycles. The zero-order valence-corrected chi connectivity index (χ0v) is 11.3. The van der Waals surface area contributed by atoms with Gasteiger partial charge in [0.1, 0.15) is 0 Å². The maximum absolute atomic E-state index is 4.62. The molecule has 1 unspecified atom stereocenters. The van der Waals surface area contributed by atoms with Crippen LogP contribution >= 0.6 is 0 Å². The predicted octanol–water partition coefficient (Wildman–Crippen LogP) is 2.62. The largest absolute Gasteiger partial charge is 0.316 e. The van der Waals surface area contributed by atoms with Gasteiger partial charge in [0.25, 0.3) is 0 Å². The molecule has 0 fully saturated rings. The van der Waals surface area contributed by atoms with Crippen molar-refractivity contribution in [2.24, 2.45) is 0 Å². The molecule has 1 rings (SSSR count). The van der Waals surface area contributed by atoms with E-state index in [9.17, 15) is 0 Å². The van der Waals surface area contributed by atoms with Crippen molar-refractivity contribution in [2.45, 2.75) is 53.5 Å². The minimum Gasteiger partial charge on any atom is -0.316 e. The molecule has 0 aliphatic rings. The van der Waals surface area contributed by atoms with E-state index in [2.05, 4.69) is 49.7 Å². The summed E-state index contributed by atoms with van der Waals surface area (Å²) in [7, 11) is 0. The lowest BCUT2D eigenvalue weighted by atomic mass is 9.99. The Balaban J connectivity index is 2.86. The minimum atomic E-state index is 0.547. The summed E-state index contributed by atoms with van der Waals surface area (Å²) < 4.78 is 2.15. The average Bonchev–Trinajstić information content (AvgIpc) is 2.52. The first-order valence-electron chi connectivity index (χ1n) is 6.36. The molecule has 1 aromatic heterocycles. The van der Waals surface area contributed by atoms with Crippen LogP contribution < -0.4 is 5.32 Å². The van der Waals surface area contributed by atoms with E-state index in [1.165, 1.54) is 17.0 Å². The molecule has 0 saturated heterocycles. The Bertz CT molecular complexity index is 328. The topological polar surface area (TPSA) is 29.9 Å². The van der Waals surface area contributed by atoms with Gasteiger partial charge in [-0.15, -0.1) is 0 Å². The van der Waals surface area contributed by atoms with Crippen molar-refractivity contribution in [1.82, 2.24) is 15.1 Å². The molecule has 0 aromatic carbocycles. The molecule has 92 valence electrons. The molecular formula is C13H25N3. The van der Waals surface area contributed by atoms with Crippen molar-refractivity contribution in [3.63, 3.8) is 0 Å². The summed E-state index contributed by atoms with van der Waals surface area (Å²) in [5.74, 6) is 0.547. The molecule has 16 heavy (non-hydrogen) atoms. The van der Waals surface area contributed by atoms with Crippen molar-refractivity contribution < 1.29 is 0 Å². The Morgan fingerprint density at radius 3 is 2.56 bits per heavy atom. The Morgan fingerprint density at radius 2 is 2.00 bits per heavy atom. The van der Waals surface area contributed by atoms with Crippen LogP contribution in [0.4, 0.5) is 0 Å². The van der Waals surface area contributed by atoms with Gasteiger partial charge >= 0.3 is 0 Å². The number of nitrogens with one attached hydrogen (secondary N) is 1. The third-order valence-electron chi connectivity index (χ3n) is 3.07. The molecule has 0 amide bonds. The summed E-state index contributed by atoms with van der Waals surface area (Å²) in [5.41, 5.74) is 3.95. The van der Waals surface area contributed by atoms with Gasteiger partial charge in [0.05, 0.1) is 5.69 Å². The number of rotatable bonds is 6. The van der Waals surface area contributed by atoms with Crippen LogP contribution in [0, 0.1) is 13.8 Å². The van der Waals surface area contributed by atoms with Crippen LogP contribution in [0.3, 0.4) is 0 Å². The van der Waals surface area contributed by atoms with Crippen LogP contribution in [-0.2, 0) is 6.54 Å². The van der Waals surface area contributed by atoms with Crippen LogP contribution in [0.1, 0.15) is 50.1 Å². The van der Waals surface area contributed by atoms with Gasteiger partial charge in [-0.3, -0.25) is 4.68 Å². The van der Waals surface area contributed by atoms with Crippen molar-refractivity contribution in [2.75, 3.05) is 13.1 Å². The van der Waals surface area contributed by atoms with Gasteiger partial charge < -0.3 is 5.32 Å². The van der Waals surface area contributed by atoms with E-state index in [0.29, 0.717) is 5.92 Å². The van der Waals surface area contributed by atoms with Gasteiger partial charge in [0.15, 0.2) is 0 Å². The van der Waals surface area contributed by atoms with Gasteiger partial charge in [-0.25, -0.2) is 0 Å². The minimum absolute atomic E-state index is 0.547. The molecule has 1 heterocycles. The van der Waals surface area contributed by atoms with E-state index >= 15 is 0 Å². The summed E-state index contributed by atoms with van der Waals surface area (Å²) in [6.07, 6.45) is 1.14. The first-order chi connectivity index (χ1) is 7.61. The second-order valence-corrected chi connectivity index (χ2v) is 4.52. The summed E-state index contributed by atoms with van der Waals surface area (Å²) in [5, 5.41) is 8.02. The maximum atomic E-state index is 4.62. The number of hydrogen-bond acceptors (Lipinski definition) is 2. The van der Waals surface area contributed by atoms with Crippen molar-refractivity contribution >= 4 is 0 Å². The van der Waals surface area contributed by atoms with Crippen LogP contribution in [-0.4, -0.2) is 22.9 Å². The van der Waals surface area contributed by atoms with Crippen LogP contribution in [0.5, 0.6) is 0 Å². The molecule has 0 bridgehead atoms. The molecule has 1 atom stereocenters. The Hall–Kier alpha value is -0.830. The summed E-state index contributed by atoms with van der Waals surface area (Å²) in [4.78, 5) is 0. The summed E-state index contributed by atoms with van der Waals surface area (Å²) >= 11 is 0. The predicted molar refractivity (Wildman–Crippen MR) is 69.0 cm³/mol. The third kappa shape index (κ3) is 2.85. The fraction of sp³-hybridized carbons (Fsp3) is 0.769. The Kier molecular flexibility index (Phi) is 5.00. The second kappa shape index (κ2) is 6.04. The van der Waals surface area contributed by atoms with Gasteiger partial charge in [-0.2, -0.15) is 5.10 Å². The van der Waals surface area contributed by atoms with E-state index in [4.69, 9.17) is 0 Å². The number of aromatic nitrogens is 2. The van der Waals surface area contributed by atoms with E-state index in [-0.39, 0.29) is 0 Å². The van der Waals surface area contributed by atoms with E-state index in [0.717, 1.165) is 26.1 Å². The molecule has 1 aromatic rings. The lowest BCUT2D eigenvalue weighted by Crippen LogP contribution is -2.20. The molecule has 0 spiro atoms. The highest BCUT2D eigenvalue weighted by Crippen LogP contribution is 2.22. The summed E-state index contributed by atoms with van der Waals surface area (Å²) in [6.45, 7) is 14.0. The normalized spacial score (nSPS) is 13.1. The maximum Gasteiger partial charge on any atom is 0.0631 e. The van der Waals surface area contributed by atoms with Crippen molar-refractivity contribution in [3.05, 3.63) is 17.0 Å². The highest BCUT2D eigenvalue weighted by atomic mass is 15.3. The molecule has 3 nitrogen and oxygen atoms in total. The first-order valence-corrected chi connectivity index (χ1v) is 6.36. The summed E-state index contributed by atoms with van der Waals surface area (Å²) in [6, 6.07) is 0. The lowest BCUT2D eigenvalue weighted by molar-refractivity contribution is 0.579. The SMILES string of the molecule is CCCn1nc(C)c(C(C)CNCC)c1C. The van der Waals surface area contributed by atoms with Crippen molar-refractivity contribution in [1.29, 1.82) is 0 Å².